The summed E-state index contributed by atoms with van der Waals surface area (Å²) in [7, 11) is 3.36. The molecule has 1 aromatic rings. The molecule has 1 aliphatic rings. The highest BCUT2D eigenvalue weighted by atomic mass is 16.5. The van der Waals surface area contributed by atoms with Crippen LogP contribution in [0.25, 0.3) is 0 Å². The van der Waals surface area contributed by atoms with Crippen molar-refractivity contribution in [1.82, 2.24) is 9.78 Å². The third-order valence-corrected chi connectivity index (χ3v) is 3.60. The number of hydrogen-bond donors (Lipinski definition) is 0. The summed E-state index contributed by atoms with van der Waals surface area (Å²) in [6, 6.07) is 0. The zero-order valence-corrected chi connectivity index (χ0v) is 10.1. The predicted molar refractivity (Wildman–Crippen MR) is 60.7 cm³/mol. The van der Waals surface area contributed by atoms with Gasteiger partial charge in [0.25, 0.3) is 0 Å². The molecule has 16 heavy (non-hydrogen) atoms. The van der Waals surface area contributed by atoms with Gasteiger partial charge >= 0.3 is 0 Å². The lowest BCUT2D eigenvalue weighted by Gasteiger charge is -2.21. The van der Waals surface area contributed by atoms with E-state index < -0.39 is 0 Å². The second kappa shape index (κ2) is 3.92. The molecule has 1 aliphatic carbocycles. The summed E-state index contributed by atoms with van der Waals surface area (Å²) in [5, 5.41) is 4.08. The van der Waals surface area contributed by atoms with Crippen molar-refractivity contribution in [2.24, 2.45) is 12.5 Å². The lowest BCUT2D eigenvalue weighted by Crippen LogP contribution is -2.26. The molecular weight excluding hydrogens is 204 g/mol. The van der Waals surface area contributed by atoms with Crippen molar-refractivity contribution in [2.45, 2.75) is 32.6 Å². The molecule has 1 heterocycles. The van der Waals surface area contributed by atoms with Crippen molar-refractivity contribution in [2.75, 3.05) is 7.11 Å². The summed E-state index contributed by atoms with van der Waals surface area (Å²) in [5.74, 6) is 0.752. The largest absolute Gasteiger partial charge is 0.493 e. The SMILES string of the molecule is COc1cnn(C)c1C(=O)C1(C)CCCC1. The standard InChI is InChI=1S/C12H18N2O2/c1-12(6-4-5-7-12)11(15)10-9(16-3)8-13-14(10)2/h8H,4-7H2,1-3H3. The molecule has 0 bridgehead atoms. The number of aromatic nitrogens is 2. The minimum atomic E-state index is -0.221. The number of nitrogens with zero attached hydrogens (tertiary/aromatic N) is 2. The first-order valence-electron chi connectivity index (χ1n) is 5.69. The molecule has 0 aliphatic heterocycles. The molecule has 0 amide bonds. The molecule has 0 atom stereocenters. The van der Waals surface area contributed by atoms with Crippen molar-refractivity contribution >= 4 is 5.78 Å². The summed E-state index contributed by atoms with van der Waals surface area (Å²) < 4.78 is 6.80. The number of aryl methyl sites for hydroxylation is 1. The van der Waals surface area contributed by atoms with Crippen LogP contribution < -0.4 is 4.74 Å². The van der Waals surface area contributed by atoms with E-state index in [1.54, 1.807) is 25.0 Å². The fourth-order valence-corrected chi connectivity index (χ4v) is 2.49. The van der Waals surface area contributed by atoms with Crippen LogP contribution in [-0.2, 0) is 7.05 Å². The van der Waals surface area contributed by atoms with Gasteiger partial charge in [0, 0.05) is 12.5 Å². The maximum Gasteiger partial charge on any atom is 0.190 e. The molecule has 1 fully saturated rings. The van der Waals surface area contributed by atoms with Crippen LogP contribution in [0, 0.1) is 5.41 Å². The molecule has 88 valence electrons. The lowest BCUT2D eigenvalue weighted by atomic mass is 9.82. The number of methoxy groups -OCH3 is 1. The predicted octanol–water partition coefficient (Wildman–Crippen LogP) is 2.19. The molecular formula is C12H18N2O2. The second-order valence-corrected chi connectivity index (χ2v) is 4.78. The summed E-state index contributed by atoms with van der Waals surface area (Å²) in [6.07, 6.45) is 5.83. The van der Waals surface area contributed by atoms with Crippen molar-refractivity contribution in [3.8, 4) is 5.75 Å². The smallest absolute Gasteiger partial charge is 0.190 e. The van der Waals surface area contributed by atoms with E-state index in [4.69, 9.17) is 4.74 Å². The zero-order chi connectivity index (χ0) is 11.8. The first kappa shape index (κ1) is 11.2. The topological polar surface area (TPSA) is 44.1 Å². The Balaban J connectivity index is 2.36. The van der Waals surface area contributed by atoms with E-state index in [0.29, 0.717) is 11.4 Å². The Morgan fingerprint density at radius 3 is 2.69 bits per heavy atom. The van der Waals surface area contributed by atoms with Gasteiger partial charge in [0.2, 0.25) is 0 Å². The van der Waals surface area contributed by atoms with Gasteiger partial charge in [0.15, 0.2) is 11.5 Å². The van der Waals surface area contributed by atoms with Gasteiger partial charge in [-0.3, -0.25) is 9.48 Å². The first-order chi connectivity index (χ1) is 7.58. The van der Waals surface area contributed by atoms with E-state index in [-0.39, 0.29) is 11.2 Å². The van der Waals surface area contributed by atoms with Crippen LogP contribution in [0.1, 0.15) is 43.1 Å². The number of Topliss-reactive ketones (excluding diaryl/α,β-unsaturated/α-hetero) is 1. The molecule has 4 heteroatoms. The van der Waals surface area contributed by atoms with Gasteiger partial charge < -0.3 is 4.74 Å². The zero-order valence-electron chi connectivity index (χ0n) is 10.1. The highest BCUT2D eigenvalue weighted by molar-refractivity contribution is 6.01. The fourth-order valence-electron chi connectivity index (χ4n) is 2.49. The van der Waals surface area contributed by atoms with Gasteiger partial charge in [-0.25, -0.2) is 0 Å². The molecule has 1 saturated carbocycles. The molecule has 0 unspecified atom stereocenters. The Kier molecular flexibility index (Phi) is 2.74. The van der Waals surface area contributed by atoms with Crippen LogP contribution in [-0.4, -0.2) is 22.7 Å². The summed E-state index contributed by atoms with van der Waals surface area (Å²) >= 11 is 0. The molecule has 1 aromatic heterocycles. The quantitative estimate of drug-likeness (QED) is 0.736. The average molecular weight is 222 g/mol. The normalized spacial score (nSPS) is 18.7. The van der Waals surface area contributed by atoms with E-state index in [1.807, 2.05) is 0 Å². The second-order valence-electron chi connectivity index (χ2n) is 4.78. The molecule has 4 nitrogen and oxygen atoms in total. The Morgan fingerprint density at radius 2 is 2.12 bits per heavy atom. The summed E-state index contributed by atoms with van der Waals surface area (Å²) in [5.41, 5.74) is 0.382. The van der Waals surface area contributed by atoms with Gasteiger partial charge in [-0.1, -0.05) is 19.8 Å². The van der Waals surface area contributed by atoms with Gasteiger partial charge in [-0.15, -0.1) is 0 Å². The van der Waals surface area contributed by atoms with Gasteiger partial charge in [0.1, 0.15) is 5.69 Å². The van der Waals surface area contributed by atoms with Crippen LogP contribution in [0.2, 0.25) is 0 Å². The van der Waals surface area contributed by atoms with E-state index in [0.717, 1.165) is 25.7 Å². The minimum absolute atomic E-state index is 0.168. The Bertz CT molecular complexity index is 403. The minimum Gasteiger partial charge on any atom is -0.493 e. The van der Waals surface area contributed by atoms with Gasteiger partial charge in [-0.05, 0) is 12.8 Å². The van der Waals surface area contributed by atoms with Gasteiger partial charge in [-0.2, -0.15) is 5.10 Å². The number of carbonyl (C=O) groups excluding carboxylic acids is 1. The van der Waals surface area contributed by atoms with Gasteiger partial charge in [0.05, 0.1) is 13.3 Å². The lowest BCUT2D eigenvalue weighted by molar-refractivity contribution is 0.0809. The van der Waals surface area contributed by atoms with Crippen LogP contribution >= 0.6 is 0 Å². The van der Waals surface area contributed by atoms with Crippen molar-refractivity contribution in [3.63, 3.8) is 0 Å². The summed E-state index contributed by atoms with van der Waals surface area (Å²) in [6.45, 7) is 2.05. The highest BCUT2D eigenvalue weighted by Crippen LogP contribution is 2.41. The number of hydrogen-bond acceptors (Lipinski definition) is 3. The van der Waals surface area contributed by atoms with Crippen LogP contribution in [0.5, 0.6) is 5.75 Å². The van der Waals surface area contributed by atoms with Crippen LogP contribution in [0.4, 0.5) is 0 Å². The van der Waals surface area contributed by atoms with Crippen LogP contribution in [0.15, 0.2) is 6.20 Å². The Labute approximate surface area is 95.6 Å². The number of rotatable bonds is 3. The average Bonchev–Trinajstić information content (AvgIpc) is 2.85. The Morgan fingerprint density at radius 1 is 1.50 bits per heavy atom. The van der Waals surface area contributed by atoms with E-state index >= 15 is 0 Å². The molecule has 0 radical (unpaired) electrons. The molecule has 0 aromatic carbocycles. The van der Waals surface area contributed by atoms with Crippen molar-refractivity contribution < 1.29 is 9.53 Å². The van der Waals surface area contributed by atoms with E-state index in [9.17, 15) is 4.79 Å². The highest BCUT2D eigenvalue weighted by Gasteiger charge is 2.39. The number of ketones is 1. The van der Waals surface area contributed by atoms with E-state index in [1.165, 1.54) is 0 Å². The van der Waals surface area contributed by atoms with Crippen molar-refractivity contribution in [1.29, 1.82) is 0 Å². The molecule has 0 saturated heterocycles. The Hall–Kier alpha value is -1.32. The molecule has 0 spiro atoms. The van der Waals surface area contributed by atoms with Crippen LogP contribution in [0.3, 0.4) is 0 Å². The maximum absolute atomic E-state index is 12.5. The number of carbonyl (C=O) groups is 1. The maximum atomic E-state index is 12.5. The monoisotopic (exact) mass is 222 g/mol. The number of ether oxygens (including phenoxy) is 1. The van der Waals surface area contributed by atoms with Crippen molar-refractivity contribution in [3.05, 3.63) is 11.9 Å². The van der Waals surface area contributed by atoms with E-state index in [2.05, 4.69) is 12.0 Å². The summed E-state index contributed by atoms with van der Waals surface area (Å²) in [4.78, 5) is 12.5. The first-order valence-corrected chi connectivity index (χ1v) is 5.69. The third kappa shape index (κ3) is 1.62. The molecule has 0 N–H and O–H groups in total. The fraction of sp³-hybridized carbons (Fsp3) is 0.667. The molecule has 2 rings (SSSR count). The third-order valence-electron chi connectivity index (χ3n) is 3.60.